The second-order valence-corrected chi connectivity index (χ2v) is 4.96. The largest absolute Gasteiger partial charge is 0.378 e. The molecule has 0 unspecified atom stereocenters. The Kier molecular flexibility index (Phi) is 3.40. The number of halogens is 1. The van der Waals surface area contributed by atoms with Crippen LogP contribution in [0.2, 0.25) is 0 Å². The summed E-state index contributed by atoms with van der Waals surface area (Å²) in [6.45, 7) is 2.13. The lowest BCUT2D eigenvalue weighted by Gasteiger charge is -2.20. The summed E-state index contributed by atoms with van der Waals surface area (Å²) in [5, 5.41) is 7.29. The average Bonchev–Trinajstić information content (AvgIpc) is 2.90. The molecule has 94 valence electrons. The lowest BCUT2D eigenvalue weighted by molar-refractivity contribution is 0.0734. The number of benzene rings is 1. The zero-order valence-corrected chi connectivity index (χ0v) is 11.2. The molecule has 0 radical (unpaired) electrons. The van der Waals surface area contributed by atoms with Crippen LogP contribution in [0.5, 0.6) is 0 Å². The van der Waals surface area contributed by atoms with Crippen LogP contribution in [0.3, 0.4) is 0 Å². The molecule has 3 rings (SSSR count). The molecular weight excluding hydrogens is 298 g/mol. The van der Waals surface area contributed by atoms with Gasteiger partial charge in [0.1, 0.15) is 0 Å². The molecule has 0 saturated carbocycles. The van der Waals surface area contributed by atoms with E-state index >= 15 is 0 Å². The van der Waals surface area contributed by atoms with E-state index in [4.69, 9.17) is 9.26 Å². The maximum Gasteiger partial charge on any atom is 0.257 e. The van der Waals surface area contributed by atoms with E-state index in [2.05, 4.69) is 31.4 Å². The quantitative estimate of drug-likeness (QED) is 0.921. The van der Waals surface area contributed by atoms with E-state index in [1.165, 1.54) is 0 Å². The monoisotopic (exact) mass is 309 g/mol. The summed E-state index contributed by atoms with van der Waals surface area (Å²) in [5.41, 5.74) is 0.911. The summed E-state index contributed by atoms with van der Waals surface area (Å²) in [4.78, 5) is 4.40. The number of nitrogens with zero attached hydrogens (tertiary/aromatic N) is 2. The first-order valence-corrected chi connectivity index (χ1v) is 6.53. The van der Waals surface area contributed by atoms with E-state index in [0.29, 0.717) is 18.3 Å². The molecule has 6 heteroatoms. The summed E-state index contributed by atoms with van der Waals surface area (Å²) < 4.78 is 11.7. The molecule has 1 N–H and O–H groups in total. The molecule has 2 heterocycles. The third-order valence-corrected chi connectivity index (χ3v) is 3.29. The fourth-order valence-corrected chi connectivity index (χ4v) is 2.08. The van der Waals surface area contributed by atoms with Gasteiger partial charge in [0, 0.05) is 16.6 Å². The van der Waals surface area contributed by atoms with Crippen LogP contribution in [0.25, 0.3) is 11.5 Å². The van der Waals surface area contributed by atoms with Crippen LogP contribution in [0.15, 0.2) is 33.3 Å². The minimum Gasteiger partial charge on any atom is -0.378 e. The summed E-state index contributed by atoms with van der Waals surface area (Å²) in [7, 11) is 0. The molecular formula is C12H12BrN3O2. The Hall–Kier alpha value is -1.24. The highest BCUT2D eigenvalue weighted by molar-refractivity contribution is 9.10. The van der Waals surface area contributed by atoms with E-state index < -0.39 is 0 Å². The minimum atomic E-state index is 0.0201. The van der Waals surface area contributed by atoms with Gasteiger partial charge in [0.2, 0.25) is 0 Å². The van der Waals surface area contributed by atoms with Crippen molar-refractivity contribution in [2.45, 2.75) is 6.04 Å². The number of aromatic nitrogens is 2. The van der Waals surface area contributed by atoms with E-state index in [0.717, 1.165) is 23.2 Å². The maximum atomic E-state index is 5.38. The van der Waals surface area contributed by atoms with Gasteiger partial charge >= 0.3 is 0 Å². The first kappa shape index (κ1) is 11.8. The maximum absolute atomic E-state index is 5.38. The molecule has 5 nitrogen and oxygen atoms in total. The zero-order valence-electron chi connectivity index (χ0n) is 9.60. The number of hydrogen-bond acceptors (Lipinski definition) is 5. The van der Waals surface area contributed by atoms with Crippen LogP contribution in [-0.2, 0) is 4.74 Å². The van der Waals surface area contributed by atoms with E-state index in [9.17, 15) is 0 Å². The molecule has 1 atom stereocenters. The molecule has 1 aromatic heterocycles. The van der Waals surface area contributed by atoms with E-state index in [1.54, 1.807) is 0 Å². The third-order valence-electron chi connectivity index (χ3n) is 2.77. The topological polar surface area (TPSA) is 60.2 Å². The van der Waals surface area contributed by atoms with Crippen LogP contribution in [0.1, 0.15) is 11.9 Å². The van der Waals surface area contributed by atoms with Gasteiger partial charge in [-0.05, 0) is 24.3 Å². The Balaban J connectivity index is 1.82. The van der Waals surface area contributed by atoms with Crippen molar-refractivity contribution in [3.8, 4) is 11.5 Å². The van der Waals surface area contributed by atoms with Gasteiger partial charge in [0.05, 0.1) is 19.3 Å². The Bertz CT molecular complexity index is 520. The van der Waals surface area contributed by atoms with Gasteiger partial charge in [-0.3, -0.25) is 0 Å². The molecule has 1 aliphatic heterocycles. The molecule has 1 aliphatic rings. The van der Waals surface area contributed by atoms with Crippen molar-refractivity contribution < 1.29 is 9.26 Å². The number of ether oxygens (including phenoxy) is 1. The fraction of sp³-hybridized carbons (Fsp3) is 0.333. The average molecular weight is 310 g/mol. The molecule has 18 heavy (non-hydrogen) atoms. The van der Waals surface area contributed by atoms with Crippen molar-refractivity contribution in [2.24, 2.45) is 0 Å². The van der Waals surface area contributed by atoms with Crippen molar-refractivity contribution in [3.63, 3.8) is 0 Å². The smallest absolute Gasteiger partial charge is 0.257 e. The summed E-state index contributed by atoms with van der Waals surface area (Å²) >= 11 is 3.39. The SMILES string of the molecule is Brc1ccc(-c2nc([C@H]3COCCN3)no2)cc1. The van der Waals surface area contributed by atoms with Gasteiger partial charge in [-0.2, -0.15) is 4.98 Å². The van der Waals surface area contributed by atoms with Crippen molar-refractivity contribution >= 4 is 15.9 Å². The predicted molar refractivity (Wildman–Crippen MR) is 69.0 cm³/mol. The van der Waals surface area contributed by atoms with Gasteiger partial charge in [-0.25, -0.2) is 0 Å². The van der Waals surface area contributed by atoms with E-state index in [1.807, 2.05) is 24.3 Å². The molecule has 0 amide bonds. The molecule has 1 saturated heterocycles. The van der Waals surface area contributed by atoms with Crippen molar-refractivity contribution in [1.82, 2.24) is 15.5 Å². The van der Waals surface area contributed by atoms with Gasteiger partial charge in [0.15, 0.2) is 5.82 Å². The highest BCUT2D eigenvalue weighted by atomic mass is 79.9. The number of nitrogens with one attached hydrogen (secondary N) is 1. The van der Waals surface area contributed by atoms with Crippen molar-refractivity contribution in [1.29, 1.82) is 0 Å². The number of morpholine rings is 1. The van der Waals surface area contributed by atoms with Crippen LogP contribution < -0.4 is 5.32 Å². The highest BCUT2D eigenvalue weighted by Crippen LogP contribution is 2.22. The van der Waals surface area contributed by atoms with E-state index in [-0.39, 0.29) is 6.04 Å². The molecule has 0 spiro atoms. The first-order chi connectivity index (χ1) is 8.83. The molecule has 1 aromatic carbocycles. The van der Waals surface area contributed by atoms with Gasteiger partial charge in [-0.15, -0.1) is 0 Å². The molecule has 2 aromatic rings. The van der Waals surface area contributed by atoms with Gasteiger partial charge in [-0.1, -0.05) is 21.1 Å². The second kappa shape index (κ2) is 5.17. The Morgan fingerprint density at radius 2 is 2.11 bits per heavy atom. The van der Waals surface area contributed by atoms with Crippen LogP contribution in [0.4, 0.5) is 0 Å². The Labute approximate surface area is 113 Å². The normalized spacial score (nSPS) is 19.9. The third kappa shape index (κ3) is 2.45. The highest BCUT2D eigenvalue weighted by Gasteiger charge is 2.21. The number of hydrogen-bond donors (Lipinski definition) is 1. The second-order valence-electron chi connectivity index (χ2n) is 4.05. The standard InChI is InChI=1S/C12H12BrN3O2/c13-9-3-1-8(2-4-9)12-15-11(16-18-12)10-7-17-6-5-14-10/h1-4,10,14H,5-7H2/t10-/m1/s1. The zero-order chi connectivity index (χ0) is 12.4. The Morgan fingerprint density at radius 3 is 2.83 bits per heavy atom. The summed E-state index contributed by atoms with van der Waals surface area (Å²) in [5.74, 6) is 1.18. The van der Waals surface area contributed by atoms with Crippen LogP contribution in [0, 0.1) is 0 Å². The van der Waals surface area contributed by atoms with Crippen LogP contribution in [-0.4, -0.2) is 29.9 Å². The summed E-state index contributed by atoms with van der Waals surface area (Å²) in [6.07, 6.45) is 0. The fourth-order valence-electron chi connectivity index (χ4n) is 1.82. The van der Waals surface area contributed by atoms with Crippen molar-refractivity contribution in [3.05, 3.63) is 34.6 Å². The lowest BCUT2D eigenvalue weighted by Crippen LogP contribution is -2.35. The van der Waals surface area contributed by atoms with Gasteiger partial charge < -0.3 is 14.6 Å². The summed E-state index contributed by atoms with van der Waals surface area (Å²) in [6, 6.07) is 7.78. The number of rotatable bonds is 2. The van der Waals surface area contributed by atoms with Crippen LogP contribution >= 0.6 is 15.9 Å². The lowest BCUT2D eigenvalue weighted by atomic mass is 10.2. The predicted octanol–water partition coefficient (Wildman–Crippen LogP) is 2.16. The molecule has 0 aliphatic carbocycles. The van der Waals surface area contributed by atoms with Gasteiger partial charge in [0.25, 0.3) is 5.89 Å². The van der Waals surface area contributed by atoms with Crippen molar-refractivity contribution in [2.75, 3.05) is 19.8 Å². The molecule has 1 fully saturated rings. The Morgan fingerprint density at radius 1 is 1.28 bits per heavy atom. The molecule has 0 bridgehead atoms. The minimum absolute atomic E-state index is 0.0201. The first-order valence-electron chi connectivity index (χ1n) is 5.73.